The average Bonchev–Trinajstić information content (AvgIpc) is 2.16. The largest absolute Gasteiger partial charge is 0.493 e. The molecule has 13 heavy (non-hydrogen) atoms. The zero-order chi connectivity index (χ0) is 9.26. The number of hydrogen-bond donors (Lipinski definition) is 0. The molecule has 0 amide bonds. The second kappa shape index (κ2) is 3.50. The second-order valence-corrected chi connectivity index (χ2v) is 4.51. The monoisotopic (exact) mass is 196 g/mol. The fraction of sp³-hybridized carbons (Fsp3) is 0.400. The molecule has 0 aliphatic carbocycles. The van der Waals surface area contributed by atoms with Crippen molar-refractivity contribution in [2.45, 2.75) is 17.1 Å². The van der Waals surface area contributed by atoms with Gasteiger partial charge in [0, 0.05) is 5.25 Å². The van der Waals surface area contributed by atoms with E-state index in [0.29, 0.717) is 5.25 Å². The van der Waals surface area contributed by atoms with Crippen LogP contribution in [0.3, 0.4) is 0 Å². The fourth-order valence-electron chi connectivity index (χ4n) is 1.34. The highest BCUT2D eigenvalue weighted by molar-refractivity contribution is 8.00. The summed E-state index contributed by atoms with van der Waals surface area (Å²) in [5, 5.41) is 0.527. The fourth-order valence-corrected chi connectivity index (χ4v) is 2.34. The summed E-state index contributed by atoms with van der Waals surface area (Å²) in [6.45, 7) is 2.92. The molecule has 0 radical (unpaired) electrons. The van der Waals surface area contributed by atoms with Gasteiger partial charge in [-0.3, -0.25) is 0 Å². The van der Waals surface area contributed by atoms with Gasteiger partial charge in [0.25, 0.3) is 0 Å². The number of thioether (sulfide) groups is 1. The van der Waals surface area contributed by atoms with Gasteiger partial charge in [0.2, 0.25) is 0 Å². The van der Waals surface area contributed by atoms with Gasteiger partial charge in [0.05, 0.1) is 12.0 Å². The Morgan fingerprint density at radius 1 is 1.54 bits per heavy atom. The number of hydrogen-bond acceptors (Lipinski definition) is 3. The molecular formula is C10H12O2S. The van der Waals surface area contributed by atoms with Crippen LogP contribution in [0.5, 0.6) is 11.5 Å². The lowest BCUT2D eigenvalue weighted by Crippen LogP contribution is -2.15. The Balaban J connectivity index is 2.39. The Morgan fingerprint density at radius 3 is 3.15 bits per heavy atom. The van der Waals surface area contributed by atoms with E-state index in [1.54, 1.807) is 7.11 Å². The number of fused-ring (bicyclic) bond motifs is 1. The van der Waals surface area contributed by atoms with Crippen molar-refractivity contribution < 1.29 is 9.47 Å². The molecule has 0 fully saturated rings. The molecule has 1 unspecified atom stereocenters. The van der Waals surface area contributed by atoms with Crippen molar-refractivity contribution >= 4 is 11.8 Å². The van der Waals surface area contributed by atoms with Crippen LogP contribution in [0.4, 0.5) is 0 Å². The highest BCUT2D eigenvalue weighted by atomic mass is 32.2. The Labute approximate surface area is 82.2 Å². The van der Waals surface area contributed by atoms with Gasteiger partial charge < -0.3 is 9.47 Å². The SMILES string of the molecule is COc1cccc2c1OCC(C)S2. The molecular weight excluding hydrogens is 184 g/mol. The average molecular weight is 196 g/mol. The van der Waals surface area contributed by atoms with Crippen molar-refractivity contribution in [1.82, 2.24) is 0 Å². The van der Waals surface area contributed by atoms with E-state index in [0.717, 1.165) is 18.1 Å². The van der Waals surface area contributed by atoms with Crippen LogP contribution in [-0.4, -0.2) is 19.0 Å². The van der Waals surface area contributed by atoms with E-state index in [1.165, 1.54) is 4.90 Å². The van der Waals surface area contributed by atoms with Crippen molar-refractivity contribution in [3.05, 3.63) is 18.2 Å². The number of methoxy groups -OCH3 is 1. The number of para-hydroxylation sites is 1. The molecule has 0 aromatic heterocycles. The summed E-state index contributed by atoms with van der Waals surface area (Å²) in [4.78, 5) is 1.18. The molecule has 0 N–H and O–H groups in total. The molecule has 2 rings (SSSR count). The van der Waals surface area contributed by atoms with Crippen LogP contribution in [-0.2, 0) is 0 Å². The molecule has 0 bridgehead atoms. The highest BCUT2D eigenvalue weighted by Gasteiger charge is 2.19. The van der Waals surface area contributed by atoms with Crippen LogP contribution in [0.2, 0.25) is 0 Å². The van der Waals surface area contributed by atoms with Crippen LogP contribution in [0.25, 0.3) is 0 Å². The van der Waals surface area contributed by atoms with Crippen molar-refractivity contribution in [3.63, 3.8) is 0 Å². The molecule has 2 nitrogen and oxygen atoms in total. The van der Waals surface area contributed by atoms with Gasteiger partial charge >= 0.3 is 0 Å². The van der Waals surface area contributed by atoms with Crippen molar-refractivity contribution in [2.75, 3.05) is 13.7 Å². The van der Waals surface area contributed by atoms with Gasteiger partial charge in [0.15, 0.2) is 11.5 Å². The summed E-state index contributed by atoms with van der Waals surface area (Å²) in [6, 6.07) is 5.99. The summed E-state index contributed by atoms with van der Waals surface area (Å²) in [5.74, 6) is 1.73. The molecule has 1 atom stereocenters. The number of ether oxygens (including phenoxy) is 2. The van der Waals surface area contributed by atoms with Gasteiger partial charge in [-0.1, -0.05) is 6.07 Å². The highest BCUT2D eigenvalue weighted by Crippen LogP contribution is 2.42. The molecule has 1 aliphatic rings. The van der Waals surface area contributed by atoms with Crippen LogP contribution >= 0.6 is 11.8 Å². The molecule has 0 saturated carbocycles. The first-order valence-corrected chi connectivity index (χ1v) is 5.15. The van der Waals surface area contributed by atoms with Gasteiger partial charge in [-0.2, -0.15) is 0 Å². The predicted octanol–water partition coefficient (Wildman–Crippen LogP) is 2.57. The van der Waals surface area contributed by atoms with Gasteiger partial charge in [-0.25, -0.2) is 0 Å². The third-order valence-electron chi connectivity index (χ3n) is 1.95. The van der Waals surface area contributed by atoms with Crippen molar-refractivity contribution in [3.8, 4) is 11.5 Å². The molecule has 1 aromatic carbocycles. The first-order valence-electron chi connectivity index (χ1n) is 4.27. The lowest BCUT2D eigenvalue weighted by atomic mass is 10.3. The van der Waals surface area contributed by atoms with E-state index in [9.17, 15) is 0 Å². The van der Waals surface area contributed by atoms with E-state index < -0.39 is 0 Å². The van der Waals surface area contributed by atoms with E-state index in [2.05, 4.69) is 13.0 Å². The Kier molecular flexibility index (Phi) is 2.36. The third kappa shape index (κ3) is 1.61. The summed E-state index contributed by atoms with van der Waals surface area (Å²) in [5.41, 5.74) is 0. The summed E-state index contributed by atoms with van der Waals surface area (Å²) in [6.07, 6.45) is 0. The van der Waals surface area contributed by atoms with Crippen LogP contribution < -0.4 is 9.47 Å². The quantitative estimate of drug-likeness (QED) is 0.687. The maximum atomic E-state index is 5.61. The topological polar surface area (TPSA) is 18.5 Å². The molecule has 70 valence electrons. The lowest BCUT2D eigenvalue weighted by molar-refractivity contribution is 0.284. The number of benzene rings is 1. The van der Waals surface area contributed by atoms with Crippen LogP contribution in [0, 0.1) is 0 Å². The summed E-state index contributed by atoms with van der Waals surface area (Å²) >= 11 is 1.84. The van der Waals surface area contributed by atoms with E-state index in [-0.39, 0.29) is 0 Å². The molecule has 1 aromatic rings. The maximum Gasteiger partial charge on any atom is 0.174 e. The summed E-state index contributed by atoms with van der Waals surface area (Å²) in [7, 11) is 1.67. The first-order chi connectivity index (χ1) is 6.31. The van der Waals surface area contributed by atoms with Gasteiger partial charge in [-0.15, -0.1) is 11.8 Å². The molecule has 1 heterocycles. The van der Waals surface area contributed by atoms with Crippen LogP contribution in [0.1, 0.15) is 6.92 Å². The second-order valence-electron chi connectivity index (χ2n) is 3.03. The normalized spacial score (nSPS) is 20.3. The Bertz CT molecular complexity index is 312. The van der Waals surface area contributed by atoms with E-state index >= 15 is 0 Å². The van der Waals surface area contributed by atoms with Crippen molar-refractivity contribution in [2.24, 2.45) is 0 Å². The van der Waals surface area contributed by atoms with Gasteiger partial charge in [-0.05, 0) is 19.1 Å². The molecule has 0 spiro atoms. The molecule has 0 saturated heterocycles. The zero-order valence-electron chi connectivity index (χ0n) is 7.74. The molecule has 1 aliphatic heterocycles. The zero-order valence-corrected chi connectivity index (χ0v) is 8.56. The Morgan fingerprint density at radius 2 is 2.38 bits per heavy atom. The predicted molar refractivity (Wildman–Crippen MR) is 53.8 cm³/mol. The Hall–Kier alpha value is -0.830. The van der Waals surface area contributed by atoms with E-state index in [4.69, 9.17) is 9.47 Å². The lowest BCUT2D eigenvalue weighted by Gasteiger charge is -2.23. The standard InChI is InChI=1S/C10H12O2S/c1-7-6-12-10-8(11-2)4-3-5-9(10)13-7/h3-5,7H,6H2,1-2H3. The molecule has 3 heteroatoms. The minimum atomic E-state index is 0.527. The third-order valence-corrected chi connectivity index (χ3v) is 3.07. The smallest absolute Gasteiger partial charge is 0.174 e. The van der Waals surface area contributed by atoms with Crippen molar-refractivity contribution in [1.29, 1.82) is 0 Å². The minimum Gasteiger partial charge on any atom is -0.493 e. The first kappa shape index (κ1) is 8.75. The maximum absolute atomic E-state index is 5.61. The number of rotatable bonds is 1. The van der Waals surface area contributed by atoms with E-state index in [1.807, 2.05) is 23.9 Å². The van der Waals surface area contributed by atoms with Gasteiger partial charge in [0.1, 0.15) is 6.61 Å². The minimum absolute atomic E-state index is 0.527. The summed E-state index contributed by atoms with van der Waals surface area (Å²) < 4.78 is 10.8. The van der Waals surface area contributed by atoms with Crippen LogP contribution in [0.15, 0.2) is 23.1 Å².